The molecule has 0 amide bonds. The van der Waals surface area contributed by atoms with Crippen LogP contribution in [0.2, 0.25) is 10.0 Å². The van der Waals surface area contributed by atoms with E-state index in [1.54, 1.807) is 24.3 Å². The Kier molecular flexibility index (Phi) is 5.65. The van der Waals surface area contributed by atoms with Gasteiger partial charge in [0.15, 0.2) is 5.78 Å². The maximum Gasteiger partial charge on any atom is 0.161 e. The van der Waals surface area contributed by atoms with Gasteiger partial charge >= 0.3 is 0 Å². The number of nitriles is 1. The van der Waals surface area contributed by atoms with Gasteiger partial charge in [-0.25, -0.2) is 0 Å². The molecule has 0 aliphatic heterocycles. The van der Waals surface area contributed by atoms with Gasteiger partial charge in [0.05, 0.1) is 6.07 Å². The fourth-order valence-corrected chi connectivity index (χ4v) is 2.96. The Morgan fingerprint density at radius 1 is 1.26 bits per heavy atom. The first-order valence-electron chi connectivity index (χ1n) is 7.21. The first-order chi connectivity index (χ1) is 11.0. The van der Waals surface area contributed by atoms with Gasteiger partial charge in [-0.15, -0.1) is 0 Å². The van der Waals surface area contributed by atoms with Crippen LogP contribution in [0.1, 0.15) is 41.4 Å². The van der Waals surface area contributed by atoms with Crippen LogP contribution in [-0.4, -0.2) is 5.78 Å². The fourth-order valence-electron chi connectivity index (χ4n) is 2.35. The highest BCUT2D eigenvalue weighted by atomic mass is 35.5. The van der Waals surface area contributed by atoms with E-state index in [0.29, 0.717) is 26.9 Å². The lowest BCUT2D eigenvalue weighted by Crippen LogP contribution is -2.13. The molecule has 0 spiro atoms. The van der Waals surface area contributed by atoms with E-state index in [4.69, 9.17) is 23.2 Å². The van der Waals surface area contributed by atoms with Gasteiger partial charge in [0.2, 0.25) is 0 Å². The smallest absolute Gasteiger partial charge is 0.161 e. The van der Waals surface area contributed by atoms with Crippen LogP contribution >= 0.6 is 23.2 Å². The van der Waals surface area contributed by atoms with Crippen LogP contribution in [0, 0.1) is 11.3 Å². The van der Waals surface area contributed by atoms with Crippen LogP contribution in [0.25, 0.3) is 0 Å². The Balaban J connectivity index is 2.47. The minimum Gasteiger partial charge on any atom is -0.365 e. The number of halogens is 2. The van der Waals surface area contributed by atoms with Gasteiger partial charge < -0.3 is 5.32 Å². The highest BCUT2D eigenvalue weighted by Crippen LogP contribution is 2.33. The lowest BCUT2D eigenvalue weighted by Gasteiger charge is -2.18. The molecule has 2 aromatic rings. The summed E-state index contributed by atoms with van der Waals surface area (Å²) in [5.74, 6) is -0.0721. The number of carbonyl (C=O) groups excluding carboxylic acids is 1. The molecule has 0 fully saturated rings. The zero-order chi connectivity index (χ0) is 17.0. The van der Waals surface area contributed by atoms with Gasteiger partial charge in [-0.3, -0.25) is 4.79 Å². The number of rotatable bonds is 5. The SMILES string of the molecule is CCc1ccc(C(C)=O)c(NC(C#N)c2c(Cl)cccc2Cl)c1. The Hall–Kier alpha value is -2.02. The van der Waals surface area contributed by atoms with Crippen molar-refractivity contribution in [1.29, 1.82) is 5.26 Å². The summed E-state index contributed by atoms with van der Waals surface area (Å²) < 4.78 is 0. The normalized spacial score (nSPS) is 11.6. The van der Waals surface area contributed by atoms with Crippen molar-refractivity contribution in [2.45, 2.75) is 26.3 Å². The highest BCUT2D eigenvalue weighted by Gasteiger charge is 2.19. The fraction of sp³-hybridized carbons (Fsp3) is 0.222. The Morgan fingerprint density at radius 2 is 1.91 bits per heavy atom. The quantitative estimate of drug-likeness (QED) is 0.733. The Morgan fingerprint density at radius 3 is 2.43 bits per heavy atom. The molecular weight excluding hydrogens is 331 g/mol. The van der Waals surface area contributed by atoms with E-state index in [1.807, 2.05) is 19.1 Å². The number of ketones is 1. The lowest BCUT2D eigenvalue weighted by molar-refractivity contribution is 0.101. The predicted octanol–water partition coefficient (Wildman–Crippen LogP) is 5.44. The van der Waals surface area contributed by atoms with Gasteiger partial charge in [-0.05, 0) is 43.2 Å². The summed E-state index contributed by atoms with van der Waals surface area (Å²) in [4.78, 5) is 11.8. The van der Waals surface area contributed by atoms with Crippen molar-refractivity contribution in [2.75, 3.05) is 5.32 Å². The van der Waals surface area contributed by atoms with Gasteiger partial charge in [0.1, 0.15) is 6.04 Å². The summed E-state index contributed by atoms with van der Waals surface area (Å²) in [7, 11) is 0. The molecule has 0 aromatic heterocycles. The molecule has 0 aliphatic carbocycles. The van der Waals surface area contributed by atoms with E-state index in [1.165, 1.54) is 6.92 Å². The number of anilines is 1. The number of hydrogen-bond donors (Lipinski definition) is 1. The molecule has 2 aromatic carbocycles. The van der Waals surface area contributed by atoms with E-state index < -0.39 is 6.04 Å². The van der Waals surface area contributed by atoms with Crippen molar-refractivity contribution >= 4 is 34.7 Å². The maximum absolute atomic E-state index is 11.8. The number of carbonyl (C=O) groups is 1. The third kappa shape index (κ3) is 3.85. The number of benzene rings is 2. The van der Waals surface area contributed by atoms with Crippen LogP contribution in [0.15, 0.2) is 36.4 Å². The molecule has 1 atom stereocenters. The molecule has 0 aliphatic rings. The second-order valence-corrected chi connectivity index (χ2v) is 5.95. The van der Waals surface area contributed by atoms with Gasteiger partial charge in [0, 0.05) is 26.9 Å². The van der Waals surface area contributed by atoms with Crippen LogP contribution in [0.3, 0.4) is 0 Å². The Bertz CT molecular complexity index is 761. The molecule has 0 heterocycles. The Labute approximate surface area is 145 Å². The molecule has 118 valence electrons. The maximum atomic E-state index is 11.8. The van der Waals surface area contributed by atoms with Crippen molar-refractivity contribution in [2.24, 2.45) is 0 Å². The minimum atomic E-state index is -0.749. The number of nitrogens with one attached hydrogen (secondary N) is 1. The molecular formula is C18H16Cl2N2O. The summed E-state index contributed by atoms with van der Waals surface area (Å²) in [6, 6.07) is 12.1. The van der Waals surface area contributed by atoms with E-state index in [2.05, 4.69) is 11.4 Å². The van der Waals surface area contributed by atoms with Crippen LogP contribution in [0.4, 0.5) is 5.69 Å². The third-order valence-electron chi connectivity index (χ3n) is 3.59. The van der Waals surface area contributed by atoms with Crippen LogP contribution in [0.5, 0.6) is 0 Å². The number of Topliss-reactive ketones (excluding diaryl/α,β-unsaturated/α-hetero) is 1. The van der Waals surface area contributed by atoms with Crippen LogP contribution in [-0.2, 0) is 6.42 Å². The highest BCUT2D eigenvalue weighted by molar-refractivity contribution is 6.36. The molecule has 0 saturated heterocycles. The standard InChI is InChI=1S/C18H16Cl2N2O/c1-3-12-7-8-13(11(2)23)16(9-12)22-17(10-21)18-14(19)5-4-6-15(18)20/h4-9,17,22H,3H2,1-2H3. The minimum absolute atomic E-state index is 0.0721. The zero-order valence-electron chi connectivity index (χ0n) is 12.9. The first kappa shape index (κ1) is 17.3. The molecule has 5 heteroatoms. The topological polar surface area (TPSA) is 52.9 Å². The van der Waals surface area contributed by atoms with Crippen molar-refractivity contribution in [3.63, 3.8) is 0 Å². The van der Waals surface area contributed by atoms with Crippen molar-refractivity contribution in [3.05, 3.63) is 63.1 Å². The number of aryl methyl sites for hydroxylation is 1. The van der Waals surface area contributed by atoms with Gasteiger partial charge in [-0.1, -0.05) is 42.3 Å². The van der Waals surface area contributed by atoms with E-state index >= 15 is 0 Å². The molecule has 3 nitrogen and oxygen atoms in total. The summed E-state index contributed by atoms with van der Waals surface area (Å²) >= 11 is 12.4. The second-order valence-electron chi connectivity index (χ2n) is 5.13. The molecule has 0 saturated carbocycles. The lowest BCUT2D eigenvalue weighted by atomic mass is 10.0. The van der Waals surface area contributed by atoms with Crippen molar-refractivity contribution < 1.29 is 4.79 Å². The van der Waals surface area contributed by atoms with Crippen LogP contribution < -0.4 is 5.32 Å². The molecule has 1 N–H and O–H groups in total. The van der Waals surface area contributed by atoms with Gasteiger partial charge in [0.25, 0.3) is 0 Å². The molecule has 0 radical (unpaired) electrons. The monoisotopic (exact) mass is 346 g/mol. The van der Waals surface area contributed by atoms with Crippen molar-refractivity contribution in [3.8, 4) is 6.07 Å². The van der Waals surface area contributed by atoms with Gasteiger partial charge in [-0.2, -0.15) is 5.26 Å². The predicted molar refractivity (Wildman–Crippen MR) is 94.3 cm³/mol. The number of hydrogen-bond acceptors (Lipinski definition) is 3. The first-order valence-corrected chi connectivity index (χ1v) is 7.97. The van der Waals surface area contributed by atoms with E-state index in [-0.39, 0.29) is 5.78 Å². The molecule has 0 bridgehead atoms. The molecule has 2 rings (SSSR count). The average Bonchev–Trinajstić information content (AvgIpc) is 2.53. The largest absolute Gasteiger partial charge is 0.365 e. The van der Waals surface area contributed by atoms with E-state index in [0.717, 1.165) is 12.0 Å². The number of nitrogens with zero attached hydrogens (tertiary/aromatic N) is 1. The summed E-state index contributed by atoms with van der Waals surface area (Å²) in [5, 5.41) is 13.5. The second kappa shape index (κ2) is 7.50. The summed E-state index contributed by atoms with van der Waals surface area (Å²) in [6.07, 6.45) is 0.830. The molecule has 23 heavy (non-hydrogen) atoms. The third-order valence-corrected chi connectivity index (χ3v) is 4.25. The summed E-state index contributed by atoms with van der Waals surface area (Å²) in [5.41, 5.74) is 2.72. The summed E-state index contributed by atoms with van der Waals surface area (Å²) in [6.45, 7) is 3.52. The zero-order valence-corrected chi connectivity index (χ0v) is 14.4. The average molecular weight is 347 g/mol. The van der Waals surface area contributed by atoms with E-state index in [9.17, 15) is 10.1 Å². The van der Waals surface area contributed by atoms with Crippen molar-refractivity contribution in [1.82, 2.24) is 0 Å². The molecule has 1 unspecified atom stereocenters.